The molecule has 1 aliphatic rings. The Hall–Kier alpha value is -0.780. The molecule has 0 bridgehead atoms. The third kappa shape index (κ3) is 4.93. The van der Waals surface area contributed by atoms with Crippen molar-refractivity contribution in [2.75, 3.05) is 0 Å². The van der Waals surface area contributed by atoms with Gasteiger partial charge in [-0.05, 0) is 44.4 Å². The van der Waals surface area contributed by atoms with Gasteiger partial charge < -0.3 is 0 Å². The topological polar surface area (TPSA) is 0 Å². The van der Waals surface area contributed by atoms with Crippen LogP contribution in [0.2, 0.25) is 0 Å². The van der Waals surface area contributed by atoms with Gasteiger partial charge in [0, 0.05) is 0 Å². The highest BCUT2D eigenvalue weighted by Gasteiger charge is 2.17. The molecule has 96 valence electrons. The van der Waals surface area contributed by atoms with Gasteiger partial charge in [0.15, 0.2) is 0 Å². The van der Waals surface area contributed by atoms with Crippen LogP contribution in [0.25, 0.3) is 0 Å². The fraction of sp³-hybridized carbons (Fsp3) is 0.647. The predicted molar refractivity (Wildman–Crippen MR) is 78.1 cm³/mol. The van der Waals surface area contributed by atoms with Crippen LogP contribution in [0.3, 0.4) is 0 Å². The monoisotopic (exact) mass is 232 g/mol. The van der Waals surface area contributed by atoms with Gasteiger partial charge in [0.2, 0.25) is 0 Å². The second-order valence-electron chi connectivity index (χ2n) is 5.41. The summed E-state index contributed by atoms with van der Waals surface area (Å²) in [6.45, 7) is 10.9. The molecule has 0 radical (unpaired) electrons. The molecule has 0 aromatic rings. The largest absolute Gasteiger partial charge is 0.0996 e. The molecule has 0 amide bonds. The van der Waals surface area contributed by atoms with E-state index in [0.29, 0.717) is 5.92 Å². The van der Waals surface area contributed by atoms with Gasteiger partial charge in [-0.25, -0.2) is 0 Å². The first kappa shape index (κ1) is 14.3. The molecule has 0 N–H and O–H groups in total. The van der Waals surface area contributed by atoms with Crippen LogP contribution in [0.15, 0.2) is 36.0 Å². The van der Waals surface area contributed by atoms with Crippen LogP contribution in [-0.4, -0.2) is 0 Å². The first-order chi connectivity index (χ1) is 8.17. The first-order valence-corrected chi connectivity index (χ1v) is 7.18. The lowest BCUT2D eigenvalue weighted by atomic mass is 9.81. The molecule has 0 aromatic heterocycles. The molecule has 0 heteroatoms. The van der Waals surface area contributed by atoms with Crippen molar-refractivity contribution in [3.63, 3.8) is 0 Å². The van der Waals surface area contributed by atoms with Crippen molar-refractivity contribution in [2.45, 2.75) is 59.3 Å². The van der Waals surface area contributed by atoms with Crippen molar-refractivity contribution in [1.29, 1.82) is 0 Å². The molecule has 1 rings (SSSR count). The fourth-order valence-electron chi connectivity index (χ4n) is 2.39. The highest BCUT2D eigenvalue weighted by Crippen LogP contribution is 2.32. The minimum Gasteiger partial charge on any atom is -0.0996 e. The molecule has 0 saturated heterocycles. The minimum atomic E-state index is 0.694. The maximum Gasteiger partial charge on any atom is -0.0166 e. The lowest BCUT2D eigenvalue weighted by Crippen LogP contribution is -2.09. The lowest BCUT2D eigenvalue weighted by molar-refractivity contribution is 0.453. The van der Waals surface area contributed by atoms with Crippen molar-refractivity contribution in [3.05, 3.63) is 36.0 Å². The summed E-state index contributed by atoms with van der Waals surface area (Å²) in [4.78, 5) is 0. The Bertz CT molecular complexity index is 293. The number of hydrogen-bond donors (Lipinski definition) is 0. The predicted octanol–water partition coefficient (Wildman–Crippen LogP) is 5.67. The highest BCUT2D eigenvalue weighted by atomic mass is 14.2. The van der Waals surface area contributed by atoms with Crippen LogP contribution in [-0.2, 0) is 0 Å². The smallest absolute Gasteiger partial charge is 0.0166 e. The fourth-order valence-corrected chi connectivity index (χ4v) is 2.39. The van der Waals surface area contributed by atoms with E-state index in [9.17, 15) is 0 Å². The summed E-state index contributed by atoms with van der Waals surface area (Å²) in [5.41, 5.74) is 2.96. The Morgan fingerprint density at radius 2 is 2.24 bits per heavy atom. The lowest BCUT2D eigenvalue weighted by Gasteiger charge is -2.24. The summed E-state index contributed by atoms with van der Waals surface area (Å²) >= 11 is 0. The maximum atomic E-state index is 4.24. The van der Waals surface area contributed by atoms with E-state index < -0.39 is 0 Å². The van der Waals surface area contributed by atoms with Gasteiger partial charge in [0.25, 0.3) is 0 Å². The van der Waals surface area contributed by atoms with Gasteiger partial charge in [-0.15, -0.1) is 0 Å². The van der Waals surface area contributed by atoms with Crippen LogP contribution in [0, 0.1) is 11.8 Å². The average molecular weight is 232 g/mol. The summed E-state index contributed by atoms with van der Waals surface area (Å²) in [6.07, 6.45) is 14.7. The molecular formula is C17H28. The summed E-state index contributed by atoms with van der Waals surface area (Å²) < 4.78 is 0. The second-order valence-corrected chi connectivity index (χ2v) is 5.41. The summed E-state index contributed by atoms with van der Waals surface area (Å²) in [5.74, 6) is 1.43. The Labute approximate surface area is 108 Å². The van der Waals surface area contributed by atoms with E-state index in [4.69, 9.17) is 0 Å². The van der Waals surface area contributed by atoms with Gasteiger partial charge in [-0.3, -0.25) is 0 Å². The number of hydrogen-bond acceptors (Lipinski definition) is 0. The van der Waals surface area contributed by atoms with Crippen LogP contribution >= 0.6 is 0 Å². The van der Waals surface area contributed by atoms with Crippen molar-refractivity contribution >= 4 is 0 Å². The van der Waals surface area contributed by atoms with E-state index in [1.807, 2.05) is 0 Å². The molecule has 1 saturated carbocycles. The zero-order valence-electron chi connectivity index (χ0n) is 11.8. The number of allylic oxidation sites excluding steroid dienone is 5. The molecular weight excluding hydrogens is 204 g/mol. The Balaban J connectivity index is 2.52. The Morgan fingerprint density at radius 3 is 2.82 bits per heavy atom. The minimum absolute atomic E-state index is 0.694. The van der Waals surface area contributed by atoms with E-state index in [1.54, 1.807) is 0 Å². The van der Waals surface area contributed by atoms with E-state index in [-0.39, 0.29) is 0 Å². The van der Waals surface area contributed by atoms with Gasteiger partial charge in [-0.1, -0.05) is 62.6 Å². The summed E-state index contributed by atoms with van der Waals surface area (Å²) in [7, 11) is 0. The molecule has 2 unspecified atom stereocenters. The van der Waals surface area contributed by atoms with Crippen LogP contribution in [0.5, 0.6) is 0 Å². The first-order valence-electron chi connectivity index (χ1n) is 7.18. The number of rotatable bonds is 5. The van der Waals surface area contributed by atoms with Crippen LogP contribution in [0.4, 0.5) is 0 Å². The van der Waals surface area contributed by atoms with Crippen LogP contribution < -0.4 is 0 Å². The molecule has 17 heavy (non-hydrogen) atoms. The van der Waals surface area contributed by atoms with E-state index in [2.05, 4.69) is 45.6 Å². The Kier molecular flexibility index (Phi) is 6.32. The maximum absolute atomic E-state index is 4.24. The van der Waals surface area contributed by atoms with Gasteiger partial charge in [-0.2, -0.15) is 0 Å². The molecule has 1 fully saturated rings. The summed E-state index contributed by atoms with van der Waals surface area (Å²) in [5, 5.41) is 0. The van der Waals surface area contributed by atoms with Crippen molar-refractivity contribution < 1.29 is 0 Å². The third-order valence-corrected chi connectivity index (χ3v) is 4.01. The molecule has 0 heterocycles. The molecule has 0 aromatic carbocycles. The molecule has 0 nitrogen and oxygen atoms in total. The SMILES string of the molecule is C=C1CCCCC1CC(C=CC(C)CC)=CC. The van der Waals surface area contributed by atoms with Crippen molar-refractivity contribution in [2.24, 2.45) is 11.8 Å². The van der Waals surface area contributed by atoms with Gasteiger partial charge in [0.1, 0.15) is 0 Å². The van der Waals surface area contributed by atoms with E-state index in [1.165, 1.54) is 49.7 Å². The van der Waals surface area contributed by atoms with Gasteiger partial charge >= 0.3 is 0 Å². The van der Waals surface area contributed by atoms with E-state index >= 15 is 0 Å². The molecule has 2 atom stereocenters. The highest BCUT2D eigenvalue weighted by molar-refractivity contribution is 5.21. The standard InChI is InChI=1S/C17H28/c1-5-14(3)11-12-16(6-2)13-17-10-8-7-9-15(17)4/h6,11-12,14,17H,4-5,7-10,13H2,1-3H3. The van der Waals surface area contributed by atoms with Crippen LogP contribution in [0.1, 0.15) is 59.3 Å². The van der Waals surface area contributed by atoms with E-state index in [0.717, 1.165) is 5.92 Å². The molecule has 1 aliphatic carbocycles. The zero-order valence-corrected chi connectivity index (χ0v) is 11.8. The Morgan fingerprint density at radius 1 is 1.47 bits per heavy atom. The molecule has 0 aliphatic heterocycles. The van der Waals surface area contributed by atoms with Crippen molar-refractivity contribution in [3.8, 4) is 0 Å². The quantitative estimate of drug-likeness (QED) is 0.423. The third-order valence-electron chi connectivity index (χ3n) is 4.01. The average Bonchev–Trinajstić information content (AvgIpc) is 2.36. The normalized spacial score (nSPS) is 24.3. The molecule has 0 spiro atoms. The van der Waals surface area contributed by atoms with Crippen molar-refractivity contribution in [1.82, 2.24) is 0 Å². The van der Waals surface area contributed by atoms with Gasteiger partial charge in [0.05, 0.1) is 0 Å². The summed E-state index contributed by atoms with van der Waals surface area (Å²) in [6, 6.07) is 0. The second kappa shape index (κ2) is 7.53. The zero-order chi connectivity index (χ0) is 12.7.